The summed E-state index contributed by atoms with van der Waals surface area (Å²) in [6, 6.07) is 4.06. The number of carbonyl (C=O) groups is 1. The number of nitrogens with zero attached hydrogens (tertiary/aromatic N) is 1. The molecule has 1 aromatic heterocycles. The summed E-state index contributed by atoms with van der Waals surface area (Å²) in [4.78, 5) is 17.4. The van der Waals surface area contributed by atoms with Gasteiger partial charge in [0.05, 0.1) is 5.54 Å². The van der Waals surface area contributed by atoms with E-state index >= 15 is 0 Å². The molecular formula is C14H23N3O. The third-order valence-electron chi connectivity index (χ3n) is 4.07. The predicted octanol–water partition coefficient (Wildman–Crippen LogP) is 1.68. The topological polar surface area (TPSA) is 62.1 Å². The number of piperidine rings is 1. The Bertz CT molecular complexity index is 397. The van der Waals surface area contributed by atoms with E-state index in [2.05, 4.69) is 18.8 Å². The first-order valence-corrected chi connectivity index (χ1v) is 6.70. The smallest absolute Gasteiger partial charge is 0.223 e. The molecule has 0 aliphatic carbocycles. The number of nitrogens with two attached hydrogens (primary N) is 1. The van der Waals surface area contributed by atoms with Crippen LogP contribution in [0.15, 0.2) is 18.3 Å². The van der Waals surface area contributed by atoms with Gasteiger partial charge in [0.2, 0.25) is 5.91 Å². The van der Waals surface area contributed by atoms with Crippen LogP contribution in [0.3, 0.4) is 0 Å². The summed E-state index contributed by atoms with van der Waals surface area (Å²) in [5.74, 6) is 0.213. The predicted molar refractivity (Wildman–Crippen MR) is 72.1 cm³/mol. The number of aryl methyl sites for hydroxylation is 1. The molecule has 1 unspecified atom stereocenters. The molecule has 1 saturated heterocycles. The van der Waals surface area contributed by atoms with E-state index in [1.165, 1.54) is 0 Å². The zero-order valence-corrected chi connectivity index (χ0v) is 11.3. The van der Waals surface area contributed by atoms with E-state index in [0.717, 1.165) is 31.5 Å². The minimum absolute atomic E-state index is 0.0840. The molecule has 18 heavy (non-hydrogen) atoms. The zero-order chi connectivity index (χ0) is 13.2. The van der Waals surface area contributed by atoms with Crippen molar-refractivity contribution in [2.45, 2.75) is 51.1 Å². The van der Waals surface area contributed by atoms with Crippen molar-refractivity contribution in [1.29, 1.82) is 0 Å². The van der Waals surface area contributed by atoms with Gasteiger partial charge in [-0.15, -0.1) is 0 Å². The lowest BCUT2D eigenvalue weighted by Gasteiger charge is -2.46. The first-order valence-electron chi connectivity index (χ1n) is 6.70. The molecule has 4 heteroatoms. The fraction of sp³-hybridized carbons (Fsp3) is 0.643. The van der Waals surface area contributed by atoms with Crippen molar-refractivity contribution in [3.8, 4) is 0 Å². The molecule has 1 amide bonds. The molecule has 0 saturated carbocycles. The molecule has 4 nitrogen and oxygen atoms in total. The van der Waals surface area contributed by atoms with Crippen LogP contribution in [0.25, 0.3) is 0 Å². The summed E-state index contributed by atoms with van der Waals surface area (Å²) >= 11 is 0. The maximum atomic E-state index is 12.3. The molecule has 0 aromatic carbocycles. The number of amides is 1. The minimum atomic E-state index is -0.217. The normalized spacial score (nSPS) is 23.1. The Morgan fingerprint density at radius 2 is 2.39 bits per heavy atom. The molecule has 100 valence electrons. The van der Waals surface area contributed by atoms with Crippen LogP contribution >= 0.6 is 0 Å². The Labute approximate surface area is 109 Å². The van der Waals surface area contributed by atoms with Gasteiger partial charge < -0.3 is 15.6 Å². The Morgan fingerprint density at radius 1 is 1.61 bits per heavy atom. The molecule has 3 N–H and O–H groups in total. The van der Waals surface area contributed by atoms with E-state index in [9.17, 15) is 4.79 Å². The highest BCUT2D eigenvalue weighted by Gasteiger charge is 2.38. The lowest BCUT2D eigenvalue weighted by molar-refractivity contribution is -0.139. The van der Waals surface area contributed by atoms with Crippen molar-refractivity contribution in [3.63, 3.8) is 0 Å². The van der Waals surface area contributed by atoms with Crippen molar-refractivity contribution in [1.82, 2.24) is 9.88 Å². The van der Waals surface area contributed by atoms with Crippen LogP contribution in [0, 0.1) is 0 Å². The Morgan fingerprint density at radius 3 is 3.06 bits per heavy atom. The monoisotopic (exact) mass is 249 g/mol. The molecule has 0 bridgehead atoms. The molecular weight excluding hydrogens is 226 g/mol. The highest BCUT2D eigenvalue weighted by atomic mass is 16.2. The standard InChI is InChI=1S/C14H23N3O/c1-14(2)12(15)6-4-10-17(14)13(18)8-7-11-5-3-9-16-11/h3,5,9,12,16H,4,6-8,10,15H2,1-2H3. The van der Waals surface area contributed by atoms with Gasteiger partial charge in [0, 0.05) is 30.9 Å². The number of hydrogen-bond donors (Lipinski definition) is 2. The van der Waals surface area contributed by atoms with Crippen LogP contribution in [-0.2, 0) is 11.2 Å². The number of likely N-dealkylation sites (tertiary alicyclic amines) is 1. The maximum Gasteiger partial charge on any atom is 0.223 e. The SMILES string of the molecule is CC1(C)C(N)CCCN1C(=O)CCc1ccc[nH]1. The van der Waals surface area contributed by atoms with Crippen molar-refractivity contribution >= 4 is 5.91 Å². The van der Waals surface area contributed by atoms with Crippen LogP contribution in [-0.4, -0.2) is 33.9 Å². The van der Waals surface area contributed by atoms with Gasteiger partial charge in [0.25, 0.3) is 0 Å². The summed E-state index contributed by atoms with van der Waals surface area (Å²) in [6.45, 7) is 4.98. The van der Waals surface area contributed by atoms with Gasteiger partial charge in [-0.3, -0.25) is 4.79 Å². The van der Waals surface area contributed by atoms with Crippen molar-refractivity contribution in [2.24, 2.45) is 5.73 Å². The van der Waals surface area contributed by atoms with Gasteiger partial charge >= 0.3 is 0 Å². The lowest BCUT2D eigenvalue weighted by atomic mass is 9.85. The first-order chi connectivity index (χ1) is 8.51. The maximum absolute atomic E-state index is 12.3. The molecule has 2 heterocycles. The fourth-order valence-electron chi connectivity index (χ4n) is 2.66. The van der Waals surface area contributed by atoms with Gasteiger partial charge in [0.15, 0.2) is 0 Å². The molecule has 0 radical (unpaired) electrons. The Balaban J connectivity index is 1.95. The zero-order valence-electron chi connectivity index (χ0n) is 11.3. The van der Waals surface area contributed by atoms with Crippen LogP contribution < -0.4 is 5.73 Å². The Kier molecular flexibility index (Phi) is 3.76. The largest absolute Gasteiger partial charge is 0.365 e. The van der Waals surface area contributed by atoms with E-state index in [1.54, 1.807) is 0 Å². The van der Waals surface area contributed by atoms with E-state index < -0.39 is 0 Å². The molecule has 2 rings (SSSR count). The molecule has 1 atom stereocenters. The number of nitrogens with one attached hydrogen (secondary N) is 1. The number of aromatic nitrogens is 1. The van der Waals surface area contributed by atoms with Crippen molar-refractivity contribution < 1.29 is 4.79 Å². The van der Waals surface area contributed by atoms with E-state index in [0.29, 0.717) is 6.42 Å². The van der Waals surface area contributed by atoms with Gasteiger partial charge in [-0.1, -0.05) is 0 Å². The minimum Gasteiger partial charge on any atom is -0.365 e. The highest BCUT2D eigenvalue weighted by molar-refractivity contribution is 5.77. The summed E-state index contributed by atoms with van der Waals surface area (Å²) in [6.07, 6.45) is 5.23. The van der Waals surface area contributed by atoms with E-state index in [4.69, 9.17) is 5.73 Å². The second-order valence-electron chi connectivity index (χ2n) is 5.64. The van der Waals surface area contributed by atoms with Crippen LogP contribution in [0.4, 0.5) is 0 Å². The number of rotatable bonds is 3. The number of aromatic amines is 1. The summed E-state index contributed by atoms with van der Waals surface area (Å²) in [7, 11) is 0. The van der Waals surface area contributed by atoms with E-state index in [1.807, 2.05) is 23.2 Å². The van der Waals surface area contributed by atoms with E-state index in [-0.39, 0.29) is 17.5 Å². The van der Waals surface area contributed by atoms with Gasteiger partial charge in [-0.2, -0.15) is 0 Å². The van der Waals surface area contributed by atoms with Crippen molar-refractivity contribution in [2.75, 3.05) is 6.54 Å². The second kappa shape index (κ2) is 5.14. The van der Waals surface area contributed by atoms with Gasteiger partial charge in [-0.25, -0.2) is 0 Å². The lowest BCUT2D eigenvalue weighted by Crippen LogP contribution is -2.61. The summed E-state index contributed by atoms with van der Waals surface area (Å²) in [5.41, 5.74) is 7.03. The summed E-state index contributed by atoms with van der Waals surface area (Å²) < 4.78 is 0. The summed E-state index contributed by atoms with van der Waals surface area (Å²) in [5, 5.41) is 0. The average Bonchev–Trinajstić information content (AvgIpc) is 2.82. The van der Waals surface area contributed by atoms with Crippen LogP contribution in [0.2, 0.25) is 0 Å². The molecule has 0 spiro atoms. The van der Waals surface area contributed by atoms with Crippen LogP contribution in [0.1, 0.15) is 38.8 Å². The first kappa shape index (κ1) is 13.1. The van der Waals surface area contributed by atoms with Crippen LogP contribution in [0.5, 0.6) is 0 Å². The second-order valence-corrected chi connectivity index (χ2v) is 5.64. The number of hydrogen-bond acceptors (Lipinski definition) is 2. The number of carbonyl (C=O) groups excluding carboxylic acids is 1. The fourth-order valence-corrected chi connectivity index (χ4v) is 2.66. The molecule has 1 fully saturated rings. The van der Waals surface area contributed by atoms with Gasteiger partial charge in [0.1, 0.15) is 0 Å². The van der Waals surface area contributed by atoms with Gasteiger partial charge in [-0.05, 0) is 45.2 Å². The molecule has 1 aliphatic rings. The molecule has 1 aromatic rings. The highest BCUT2D eigenvalue weighted by Crippen LogP contribution is 2.27. The molecule has 1 aliphatic heterocycles. The van der Waals surface area contributed by atoms with Crippen molar-refractivity contribution in [3.05, 3.63) is 24.0 Å². The number of H-pyrrole nitrogens is 1. The Hall–Kier alpha value is -1.29. The third kappa shape index (κ3) is 2.58. The quantitative estimate of drug-likeness (QED) is 0.856. The third-order valence-corrected chi connectivity index (χ3v) is 4.07. The average molecular weight is 249 g/mol.